The van der Waals surface area contributed by atoms with E-state index in [0.29, 0.717) is 6.04 Å². The van der Waals surface area contributed by atoms with E-state index in [2.05, 4.69) is 23.3 Å². The zero-order chi connectivity index (χ0) is 10.3. The number of hydrogen-bond acceptors (Lipinski definition) is 2. The predicted molar refractivity (Wildman–Crippen MR) is 61.8 cm³/mol. The minimum Gasteiger partial charge on any atom is -0.381 e. The lowest BCUT2D eigenvalue weighted by molar-refractivity contribution is 0.439. The molecular formula is C13H18N2. The molecule has 0 unspecified atom stereocenters. The van der Waals surface area contributed by atoms with Crippen molar-refractivity contribution < 1.29 is 0 Å². The Morgan fingerprint density at radius 1 is 1.33 bits per heavy atom. The van der Waals surface area contributed by atoms with Gasteiger partial charge in [-0.25, -0.2) is 0 Å². The maximum atomic E-state index is 4.32. The molecule has 80 valence electrons. The maximum absolute atomic E-state index is 4.32. The second-order valence-electron chi connectivity index (χ2n) is 5.06. The minimum absolute atomic E-state index is 0.714. The molecule has 1 aromatic heterocycles. The van der Waals surface area contributed by atoms with Crippen LogP contribution in [0.1, 0.15) is 31.4 Å². The standard InChI is InChI=1S/C13H18N2/c1-9-12(3-2-6-14-9)15-13-8-10-4-5-11(13)7-10/h2-3,6,10-11,13,15H,4-5,7-8H2,1H3/t10-,11-,13-/m1/s1. The highest BCUT2D eigenvalue weighted by Crippen LogP contribution is 2.45. The quantitative estimate of drug-likeness (QED) is 0.797. The van der Waals surface area contributed by atoms with Crippen LogP contribution in [0.2, 0.25) is 0 Å². The number of anilines is 1. The summed E-state index contributed by atoms with van der Waals surface area (Å²) in [4.78, 5) is 4.32. The van der Waals surface area contributed by atoms with Crippen molar-refractivity contribution in [3.8, 4) is 0 Å². The van der Waals surface area contributed by atoms with Crippen molar-refractivity contribution >= 4 is 5.69 Å². The molecule has 0 radical (unpaired) electrons. The number of nitrogens with one attached hydrogen (secondary N) is 1. The van der Waals surface area contributed by atoms with Gasteiger partial charge in [0.2, 0.25) is 0 Å². The highest BCUT2D eigenvalue weighted by molar-refractivity contribution is 5.47. The molecule has 1 heterocycles. The van der Waals surface area contributed by atoms with Crippen molar-refractivity contribution in [2.75, 3.05) is 5.32 Å². The molecule has 2 aliphatic rings. The van der Waals surface area contributed by atoms with Crippen LogP contribution in [0.4, 0.5) is 5.69 Å². The van der Waals surface area contributed by atoms with Gasteiger partial charge in [0.25, 0.3) is 0 Å². The third-order valence-electron chi connectivity index (χ3n) is 4.09. The Morgan fingerprint density at radius 3 is 2.93 bits per heavy atom. The smallest absolute Gasteiger partial charge is 0.0603 e. The van der Waals surface area contributed by atoms with Gasteiger partial charge in [-0.3, -0.25) is 4.98 Å². The van der Waals surface area contributed by atoms with E-state index in [1.165, 1.54) is 31.4 Å². The fraction of sp³-hybridized carbons (Fsp3) is 0.615. The zero-order valence-corrected chi connectivity index (χ0v) is 9.24. The molecule has 2 bridgehead atoms. The van der Waals surface area contributed by atoms with Crippen LogP contribution in [0.5, 0.6) is 0 Å². The van der Waals surface area contributed by atoms with Gasteiger partial charge >= 0.3 is 0 Å². The van der Waals surface area contributed by atoms with Crippen LogP contribution in [0.25, 0.3) is 0 Å². The van der Waals surface area contributed by atoms with Gasteiger partial charge in [-0.2, -0.15) is 0 Å². The van der Waals surface area contributed by atoms with E-state index in [-0.39, 0.29) is 0 Å². The Balaban J connectivity index is 1.73. The largest absolute Gasteiger partial charge is 0.381 e. The van der Waals surface area contributed by atoms with Gasteiger partial charge in [-0.1, -0.05) is 6.42 Å². The van der Waals surface area contributed by atoms with E-state index in [4.69, 9.17) is 0 Å². The molecule has 0 saturated heterocycles. The van der Waals surface area contributed by atoms with Crippen LogP contribution in [0.3, 0.4) is 0 Å². The molecule has 2 nitrogen and oxygen atoms in total. The summed E-state index contributed by atoms with van der Waals surface area (Å²) in [5.74, 6) is 1.93. The molecule has 0 spiro atoms. The molecule has 3 rings (SSSR count). The third kappa shape index (κ3) is 1.62. The Labute approximate surface area is 91.1 Å². The predicted octanol–water partition coefficient (Wildman–Crippen LogP) is 2.99. The molecule has 1 N–H and O–H groups in total. The van der Waals surface area contributed by atoms with Crippen molar-refractivity contribution in [3.05, 3.63) is 24.0 Å². The van der Waals surface area contributed by atoms with Crippen LogP contribution >= 0.6 is 0 Å². The lowest BCUT2D eigenvalue weighted by Crippen LogP contribution is -2.26. The van der Waals surface area contributed by atoms with Gasteiger partial charge in [0.05, 0.1) is 11.4 Å². The molecule has 0 amide bonds. The van der Waals surface area contributed by atoms with Crippen molar-refractivity contribution in [1.82, 2.24) is 4.98 Å². The SMILES string of the molecule is Cc1ncccc1N[C@@H]1C[C@@H]2CC[C@@H]1C2. The number of nitrogens with zero attached hydrogens (tertiary/aromatic N) is 1. The van der Waals surface area contributed by atoms with E-state index in [0.717, 1.165) is 17.5 Å². The first kappa shape index (κ1) is 9.20. The number of hydrogen-bond donors (Lipinski definition) is 1. The average molecular weight is 202 g/mol. The third-order valence-corrected chi connectivity index (χ3v) is 4.09. The topological polar surface area (TPSA) is 24.9 Å². The Kier molecular flexibility index (Phi) is 2.15. The summed E-state index contributed by atoms with van der Waals surface area (Å²) in [5.41, 5.74) is 2.36. The summed E-state index contributed by atoms with van der Waals surface area (Å²) >= 11 is 0. The highest BCUT2D eigenvalue weighted by atomic mass is 15.0. The second kappa shape index (κ2) is 3.51. The summed E-state index contributed by atoms with van der Waals surface area (Å²) < 4.78 is 0. The first-order valence-corrected chi connectivity index (χ1v) is 6.01. The van der Waals surface area contributed by atoms with Crippen LogP contribution in [0, 0.1) is 18.8 Å². The van der Waals surface area contributed by atoms with Crippen LogP contribution in [0.15, 0.2) is 18.3 Å². The Bertz CT molecular complexity index is 361. The van der Waals surface area contributed by atoms with E-state index in [1.54, 1.807) is 0 Å². The first-order valence-electron chi connectivity index (χ1n) is 6.01. The highest BCUT2D eigenvalue weighted by Gasteiger charge is 2.39. The van der Waals surface area contributed by atoms with Gasteiger partial charge in [-0.05, 0) is 50.2 Å². The molecule has 2 heteroatoms. The number of aromatic nitrogens is 1. The van der Waals surface area contributed by atoms with Crippen LogP contribution in [-0.4, -0.2) is 11.0 Å². The minimum atomic E-state index is 0.714. The van der Waals surface area contributed by atoms with Gasteiger partial charge < -0.3 is 5.32 Å². The van der Waals surface area contributed by atoms with Gasteiger partial charge in [0.15, 0.2) is 0 Å². The van der Waals surface area contributed by atoms with Crippen molar-refractivity contribution in [2.24, 2.45) is 11.8 Å². The Hall–Kier alpha value is -1.05. The summed E-state index contributed by atoms with van der Waals surface area (Å²) in [6.07, 6.45) is 7.59. The number of fused-ring (bicyclic) bond motifs is 2. The zero-order valence-electron chi connectivity index (χ0n) is 9.24. The Morgan fingerprint density at radius 2 is 2.27 bits per heavy atom. The number of aryl methyl sites for hydroxylation is 1. The van der Waals surface area contributed by atoms with E-state index in [1.807, 2.05) is 12.3 Å². The molecule has 15 heavy (non-hydrogen) atoms. The summed E-state index contributed by atoms with van der Waals surface area (Å²) in [7, 11) is 0. The first-order chi connectivity index (χ1) is 7.33. The molecule has 0 aromatic carbocycles. The van der Waals surface area contributed by atoms with Crippen LogP contribution < -0.4 is 5.32 Å². The van der Waals surface area contributed by atoms with Crippen molar-refractivity contribution in [3.63, 3.8) is 0 Å². The van der Waals surface area contributed by atoms with E-state index < -0.39 is 0 Å². The van der Waals surface area contributed by atoms with Gasteiger partial charge in [-0.15, -0.1) is 0 Å². The van der Waals surface area contributed by atoms with Gasteiger partial charge in [0.1, 0.15) is 0 Å². The fourth-order valence-corrected chi connectivity index (χ4v) is 3.26. The lowest BCUT2D eigenvalue weighted by Gasteiger charge is -2.24. The molecule has 2 fully saturated rings. The molecule has 2 saturated carbocycles. The van der Waals surface area contributed by atoms with Gasteiger partial charge in [0, 0.05) is 12.2 Å². The summed E-state index contributed by atoms with van der Waals surface area (Å²) in [6, 6.07) is 4.88. The fourth-order valence-electron chi connectivity index (χ4n) is 3.26. The molecule has 2 aliphatic carbocycles. The summed E-state index contributed by atoms with van der Waals surface area (Å²) in [5, 5.41) is 3.68. The van der Waals surface area contributed by atoms with E-state index in [9.17, 15) is 0 Å². The van der Waals surface area contributed by atoms with Crippen molar-refractivity contribution in [1.29, 1.82) is 0 Å². The van der Waals surface area contributed by atoms with Crippen molar-refractivity contribution in [2.45, 2.75) is 38.6 Å². The average Bonchev–Trinajstić information content (AvgIpc) is 2.83. The molecule has 3 atom stereocenters. The lowest BCUT2D eigenvalue weighted by atomic mass is 9.95. The molecule has 0 aliphatic heterocycles. The normalized spacial score (nSPS) is 33.3. The summed E-state index contributed by atoms with van der Waals surface area (Å²) in [6.45, 7) is 2.08. The van der Waals surface area contributed by atoms with E-state index >= 15 is 0 Å². The number of pyridine rings is 1. The molecule has 1 aromatic rings. The number of rotatable bonds is 2. The van der Waals surface area contributed by atoms with Crippen LogP contribution in [-0.2, 0) is 0 Å². The monoisotopic (exact) mass is 202 g/mol. The second-order valence-corrected chi connectivity index (χ2v) is 5.06. The molecular weight excluding hydrogens is 184 g/mol. The maximum Gasteiger partial charge on any atom is 0.0603 e.